The van der Waals surface area contributed by atoms with E-state index in [2.05, 4.69) is 18.1 Å². The summed E-state index contributed by atoms with van der Waals surface area (Å²) >= 11 is 0. The first-order valence-corrected chi connectivity index (χ1v) is 7.52. The number of amides is 1. The summed E-state index contributed by atoms with van der Waals surface area (Å²) in [5, 5.41) is 4.23. The lowest BCUT2D eigenvalue weighted by Crippen LogP contribution is -2.54. The number of carbonyl (C=O) groups is 1. The molecule has 1 atom stereocenters. The van der Waals surface area contributed by atoms with Crippen molar-refractivity contribution in [1.29, 1.82) is 0 Å². The quantitative estimate of drug-likeness (QED) is 0.925. The smallest absolute Gasteiger partial charge is 0.242 e. The van der Waals surface area contributed by atoms with Gasteiger partial charge in [0.1, 0.15) is 0 Å². The lowest BCUT2D eigenvalue weighted by Gasteiger charge is -2.36. The molecule has 6 heteroatoms. The Bertz CT molecular complexity index is 464. The van der Waals surface area contributed by atoms with E-state index in [4.69, 9.17) is 5.73 Å². The number of nitrogens with zero attached hydrogens (tertiary/aromatic N) is 3. The van der Waals surface area contributed by atoms with Crippen LogP contribution in [0.15, 0.2) is 12.3 Å². The zero-order chi connectivity index (χ0) is 14.8. The Kier molecular flexibility index (Phi) is 6.23. The minimum Gasteiger partial charge on any atom is -0.341 e. The van der Waals surface area contributed by atoms with Crippen LogP contribution >= 0.6 is 12.4 Å². The molecule has 1 saturated heterocycles. The normalized spacial score (nSPS) is 19.0. The predicted molar refractivity (Wildman–Crippen MR) is 86.5 cm³/mol. The molecule has 0 bridgehead atoms. The standard InChI is InChI=1S/C15H26N4O.ClH/c1-4-8-15(2,16)14(20)19-10-6-12(7-11-19)13-5-9-17-18(13)3;/h5,9,12H,4,6-8,10-11,16H2,1-3H3;1H. The lowest BCUT2D eigenvalue weighted by atomic mass is 9.90. The molecule has 0 aromatic carbocycles. The van der Waals surface area contributed by atoms with Gasteiger partial charge in [0, 0.05) is 37.9 Å². The van der Waals surface area contributed by atoms with Gasteiger partial charge in [-0.05, 0) is 32.3 Å². The molecular formula is C15H27ClN4O. The third kappa shape index (κ3) is 3.98. The van der Waals surface area contributed by atoms with Crippen molar-refractivity contribution in [3.63, 3.8) is 0 Å². The zero-order valence-corrected chi connectivity index (χ0v) is 14.0. The maximum absolute atomic E-state index is 12.5. The molecule has 1 fully saturated rings. The van der Waals surface area contributed by atoms with E-state index in [0.717, 1.165) is 38.8 Å². The topological polar surface area (TPSA) is 64.2 Å². The Labute approximate surface area is 133 Å². The highest BCUT2D eigenvalue weighted by Crippen LogP contribution is 2.28. The van der Waals surface area contributed by atoms with Gasteiger partial charge in [-0.15, -0.1) is 12.4 Å². The highest BCUT2D eigenvalue weighted by atomic mass is 35.5. The number of halogens is 1. The first-order chi connectivity index (χ1) is 9.45. The molecule has 1 aliphatic rings. The van der Waals surface area contributed by atoms with Crippen LogP contribution < -0.4 is 5.73 Å². The minimum atomic E-state index is -0.714. The number of likely N-dealkylation sites (tertiary alicyclic amines) is 1. The number of aryl methyl sites for hydroxylation is 1. The molecule has 1 amide bonds. The van der Waals surface area contributed by atoms with E-state index < -0.39 is 5.54 Å². The summed E-state index contributed by atoms with van der Waals surface area (Å²) in [5.74, 6) is 0.601. The second kappa shape index (κ2) is 7.27. The fourth-order valence-electron chi connectivity index (χ4n) is 3.15. The van der Waals surface area contributed by atoms with Gasteiger partial charge in [-0.1, -0.05) is 13.3 Å². The van der Waals surface area contributed by atoms with Crippen LogP contribution in [0.4, 0.5) is 0 Å². The monoisotopic (exact) mass is 314 g/mol. The SMILES string of the molecule is CCCC(C)(N)C(=O)N1CCC(c2ccnn2C)CC1.Cl. The second-order valence-corrected chi connectivity index (χ2v) is 6.11. The Hall–Kier alpha value is -1.07. The molecule has 2 N–H and O–H groups in total. The Balaban J connectivity index is 0.00000220. The Morgan fingerprint density at radius 3 is 2.57 bits per heavy atom. The third-order valence-electron chi connectivity index (χ3n) is 4.32. The average Bonchev–Trinajstić information content (AvgIpc) is 2.84. The van der Waals surface area contributed by atoms with E-state index in [1.165, 1.54) is 5.69 Å². The summed E-state index contributed by atoms with van der Waals surface area (Å²) in [6, 6.07) is 2.08. The molecule has 1 aromatic heterocycles. The summed E-state index contributed by atoms with van der Waals surface area (Å²) in [4.78, 5) is 14.4. The highest BCUT2D eigenvalue weighted by Gasteiger charge is 2.34. The summed E-state index contributed by atoms with van der Waals surface area (Å²) < 4.78 is 1.94. The van der Waals surface area contributed by atoms with E-state index >= 15 is 0 Å². The first-order valence-electron chi connectivity index (χ1n) is 7.52. The summed E-state index contributed by atoms with van der Waals surface area (Å²) in [7, 11) is 1.98. The van der Waals surface area contributed by atoms with Crippen molar-refractivity contribution >= 4 is 18.3 Å². The average molecular weight is 315 g/mol. The largest absolute Gasteiger partial charge is 0.341 e. The number of nitrogens with two attached hydrogens (primary N) is 1. The third-order valence-corrected chi connectivity index (χ3v) is 4.32. The Morgan fingerprint density at radius 1 is 1.48 bits per heavy atom. The molecule has 1 aliphatic heterocycles. The molecule has 2 heterocycles. The molecule has 0 radical (unpaired) electrons. The number of hydrogen-bond donors (Lipinski definition) is 1. The van der Waals surface area contributed by atoms with Gasteiger partial charge in [0.25, 0.3) is 0 Å². The van der Waals surface area contributed by atoms with E-state index in [0.29, 0.717) is 5.92 Å². The van der Waals surface area contributed by atoms with Gasteiger partial charge < -0.3 is 10.6 Å². The van der Waals surface area contributed by atoms with E-state index in [9.17, 15) is 4.79 Å². The van der Waals surface area contributed by atoms with Crippen molar-refractivity contribution in [3.8, 4) is 0 Å². The number of carbonyl (C=O) groups excluding carboxylic acids is 1. The van der Waals surface area contributed by atoms with Crippen LogP contribution in [0.25, 0.3) is 0 Å². The summed E-state index contributed by atoms with van der Waals surface area (Å²) in [6.45, 7) is 5.51. The van der Waals surface area contributed by atoms with Gasteiger partial charge in [-0.2, -0.15) is 5.10 Å². The Morgan fingerprint density at radius 2 is 2.10 bits per heavy atom. The van der Waals surface area contributed by atoms with Gasteiger partial charge in [0.15, 0.2) is 0 Å². The molecule has 21 heavy (non-hydrogen) atoms. The lowest BCUT2D eigenvalue weighted by molar-refractivity contribution is -0.137. The van der Waals surface area contributed by atoms with Crippen molar-refractivity contribution in [2.75, 3.05) is 13.1 Å². The molecule has 5 nitrogen and oxygen atoms in total. The van der Waals surface area contributed by atoms with Crippen molar-refractivity contribution in [1.82, 2.24) is 14.7 Å². The first kappa shape index (κ1) is 18.0. The number of aromatic nitrogens is 2. The fraction of sp³-hybridized carbons (Fsp3) is 0.733. The fourth-order valence-corrected chi connectivity index (χ4v) is 3.15. The van der Waals surface area contributed by atoms with Crippen LogP contribution in [0.3, 0.4) is 0 Å². The van der Waals surface area contributed by atoms with Crippen LogP contribution in [0, 0.1) is 0 Å². The molecule has 1 unspecified atom stereocenters. The molecular weight excluding hydrogens is 288 g/mol. The zero-order valence-electron chi connectivity index (χ0n) is 13.2. The van der Waals surface area contributed by atoms with Gasteiger partial charge >= 0.3 is 0 Å². The maximum Gasteiger partial charge on any atom is 0.242 e. The van der Waals surface area contributed by atoms with Crippen molar-refractivity contribution < 1.29 is 4.79 Å². The molecule has 120 valence electrons. The van der Waals surface area contributed by atoms with E-state index in [1.807, 2.05) is 29.7 Å². The van der Waals surface area contributed by atoms with Gasteiger partial charge in [-0.3, -0.25) is 9.48 Å². The van der Waals surface area contributed by atoms with Crippen molar-refractivity contribution in [2.24, 2.45) is 12.8 Å². The summed E-state index contributed by atoms with van der Waals surface area (Å²) in [6.07, 6.45) is 5.50. The summed E-state index contributed by atoms with van der Waals surface area (Å²) in [5.41, 5.74) is 6.70. The van der Waals surface area contributed by atoms with Gasteiger partial charge in [0.2, 0.25) is 5.91 Å². The molecule has 0 spiro atoms. The van der Waals surface area contributed by atoms with Crippen molar-refractivity contribution in [2.45, 2.75) is 51.0 Å². The maximum atomic E-state index is 12.5. The highest BCUT2D eigenvalue weighted by molar-refractivity contribution is 5.86. The second-order valence-electron chi connectivity index (χ2n) is 6.11. The molecule has 0 aliphatic carbocycles. The van der Waals surface area contributed by atoms with Crippen molar-refractivity contribution in [3.05, 3.63) is 18.0 Å². The van der Waals surface area contributed by atoms with E-state index in [1.54, 1.807) is 0 Å². The van der Waals surface area contributed by atoms with Gasteiger partial charge in [-0.25, -0.2) is 0 Å². The number of rotatable bonds is 4. The molecule has 0 saturated carbocycles. The molecule has 1 aromatic rings. The van der Waals surface area contributed by atoms with Crippen LogP contribution in [0.2, 0.25) is 0 Å². The van der Waals surface area contributed by atoms with Crippen LogP contribution in [0.5, 0.6) is 0 Å². The minimum absolute atomic E-state index is 0. The number of piperidine rings is 1. The predicted octanol–water partition coefficient (Wildman–Crippen LogP) is 2.07. The van der Waals surface area contributed by atoms with Crippen LogP contribution in [0.1, 0.15) is 51.1 Å². The van der Waals surface area contributed by atoms with Crippen LogP contribution in [-0.4, -0.2) is 39.2 Å². The van der Waals surface area contributed by atoms with Gasteiger partial charge in [0.05, 0.1) is 5.54 Å². The van der Waals surface area contributed by atoms with E-state index in [-0.39, 0.29) is 18.3 Å². The van der Waals surface area contributed by atoms with Crippen LogP contribution in [-0.2, 0) is 11.8 Å². The molecule has 2 rings (SSSR count). The number of hydrogen-bond acceptors (Lipinski definition) is 3.